The van der Waals surface area contributed by atoms with Crippen molar-refractivity contribution in [3.8, 4) is 0 Å². The first-order valence-corrected chi connectivity index (χ1v) is 6.04. The van der Waals surface area contributed by atoms with Crippen LogP contribution in [0.5, 0.6) is 0 Å². The third-order valence-electron chi connectivity index (χ3n) is 2.46. The Kier molecular flexibility index (Phi) is 5.94. The number of nitrogens with one attached hydrogen (secondary N) is 1. The van der Waals surface area contributed by atoms with Crippen LogP contribution in [0, 0.1) is 0 Å². The molecule has 0 aromatic carbocycles. The number of hydrogen-bond donors (Lipinski definition) is 1. The lowest BCUT2D eigenvalue weighted by atomic mass is 10.2. The van der Waals surface area contributed by atoms with Crippen molar-refractivity contribution in [2.75, 3.05) is 32.6 Å². The highest BCUT2D eigenvalue weighted by molar-refractivity contribution is 5.36. The number of ether oxygens (including phenoxy) is 1. The van der Waals surface area contributed by atoms with Crippen molar-refractivity contribution in [3.05, 3.63) is 23.9 Å². The minimum absolute atomic E-state index is 0.306. The number of aromatic nitrogens is 1. The zero-order valence-electron chi connectivity index (χ0n) is 11.2. The summed E-state index contributed by atoms with van der Waals surface area (Å²) in [6, 6.07) is 4.11. The maximum atomic E-state index is 5.53. The van der Waals surface area contributed by atoms with Crippen LogP contribution in [0.1, 0.15) is 19.4 Å². The Bertz CT molecular complexity index is 328. The van der Waals surface area contributed by atoms with E-state index >= 15 is 0 Å². The first-order chi connectivity index (χ1) is 8.11. The van der Waals surface area contributed by atoms with Gasteiger partial charge in [0.1, 0.15) is 5.82 Å². The lowest BCUT2D eigenvalue weighted by Gasteiger charge is -2.17. The molecule has 0 radical (unpaired) electrons. The molecule has 0 unspecified atom stereocenters. The molecule has 0 spiro atoms. The molecule has 0 aliphatic carbocycles. The molecule has 0 atom stereocenters. The molecule has 0 aliphatic heterocycles. The second kappa shape index (κ2) is 7.25. The molecule has 0 fully saturated rings. The van der Waals surface area contributed by atoms with Crippen LogP contribution in [0.3, 0.4) is 0 Å². The number of hydrogen-bond acceptors (Lipinski definition) is 4. The molecule has 4 heteroatoms. The fourth-order valence-corrected chi connectivity index (χ4v) is 1.54. The predicted octanol–water partition coefficient (Wildman–Crippen LogP) is 1.98. The number of rotatable bonds is 7. The highest BCUT2D eigenvalue weighted by Crippen LogP contribution is 2.08. The van der Waals surface area contributed by atoms with Crippen molar-refractivity contribution < 1.29 is 4.74 Å². The largest absolute Gasteiger partial charge is 0.377 e. The maximum absolute atomic E-state index is 5.53. The Hall–Kier alpha value is -1.13. The highest BCUT2D eigenvalue weighted by Gasteiger charge is 2.02. The van der Waals surface area contributed by atoms with Crippen molar-refractivity contribution in [2.45, 2.75) is 26.5 Å². The Morgan fingerprint density at radius 2 is 2.24 bits per heavy atom. The SMILES string of the molecule is CNc1cc(CN(C)CCOC(C)C)ccn1. The van der Waals surface area contributed by atoms with E-state index in [1.807, 2.05) is 19.3 Å². The molecule has 1 N–H and O–H groups in total. The second-order valence-corrected chi connectivity index (χ2v) is 4.46. The lowest BCUT2D eigenvalue weighted by molar-refractivity contribution is 0.0627. The van der Waals surface area contributed by atoms with Gasteiger partial charge in [0.05, 0.1) is 12.7 Å². The van der Waals surface area contributed by atoms with Gasteiger partial charge in [-0.25, -0.2) is 4.98 Å². The van der Waals surface area contributed by atoms with Crippen LogP contribution in [-0.4, -0.2) is 43.2 Å². The van der Waals surface area contributed by atoms with E-state index in [2.05, 4.69) is 42.2 Å². The van der Waals surface area contributed by atoms with Crippen molar-refractivity contribution in [1.29, 1.82) is 0 Å². The van der Waals surface area contributed by atoms with E-state index in [0.29, 0.717) is 6.10 Å². The summed E-state index contributed by atoms with van der Waals surface area (Å²) in [7, 11) is 3.98. The molecular weight excluding hydrogens is 214 g/mol. The van der Waals surface area contributed by atoms with Gasteiger partial charge in [0.25, 0.3) is 0 Å². The average molecular weight is 237 g/mol. The van der Waals surface area contributed by atoms with Gasteiger partial charge in [0, 0.05) is 26.3 Å². The molecule has 4 nitrogen and oxygen atoms in total. The van der Waals surface area contributed by atoms with E-state index in [-0.39, 0.29) is 0 Å². The summed E-state index contributed by atoms with van der Waals surface area (Å²) in [6.45, 7) is 6.75. The fourth-order valence-electron chi connectivity index (χ4n) is 1.54. The molecule has 96 valence electrons. The molecule has 1 aromatic rings. The van der Waals surface area contributed by atoms with Gasteiger partial charge >= 0.3 is 0 Å². The lowest BCUT2D eigenvalue weighted by Crippen LogP contribution is -2.24. The average Bonchev–Trinajstić information content (AvgIpc) is 2.28. The summed E-state index contributed by atoms with van der Waals surface area (Å²) in [5, 5.41) is 3.04. The number of nitrogens with zero attached hydrogens (tertiary/aromatic N) is 2. The van der Waals surface area contributed by atoms with Gasteiger partial charge < -0.3 is 10.1 Å². The predicted molar refractivity (Wildman–Crippen MR) is 71.2 cm³/mol. The molecule has 1 aromatic heterocycles. The topological polar surface area (TPSA) is 37.4 Å². The molecule has 0 aliphatic rings. The summed E-state index contributed by atoms with van der Waals surface area (Å²) in [4.78, 5) is 6.44. The molecule has 1 rings (SSSR count). The molecule has 0 bridgehead atoms. The van der Waals surface area contributed by atoms with E-state index in [1.165, 1.54) is 5.56 Å². The summed E-state index contributed by atoms with van der Waals surface area (Å²) >= 11 is 0. The van der Waals surface area contributed by atoms with Crippen LogP contribution >= 0.6 is 0 Å². The highest BCUT2D eigenvalue weighted by atomic mass is 16.5. The van der Waals surface area contributed by atoms with Crippen molar-refractivity contribution in [2.24, 2.45) is 0 Å². The first kappa shape index (κ1) is 13.9. The summed E-state index contributed by atoms with van der Waals surface area (Å²) < 4.78 is 5.53. The van der Waals surface area contributed by atoms with Crippen LogP contribution in [0.2, 0.25) is 0 Å². The Labute approximate surface area is 104 Å². The second-order valence-electron chi connectivity index (χ2n) is 4.46. The van der Waals surface area contributed by atoms with Crippen LogP contribution in [0.4, 0.5) is 5.82 Å². The zero-order chi connectivity index (χ0) is 12.7. The number of anilines is 1. The molecule has 17 heavy (non-hydrogen) atoms. The zero-order valence-corrected chi connectivity index (χ0v) is 11.2. The van der Waals surface area contributed by atoms with E-state index in [0.717, 1.165) is 25.5 Å². The standard InChI is InChI=1S/C13H23N3O/c1-11(2)17-8-7-16(4)10-12-5-6-15-13(9-12)14-3/h5-6,9,11H,7-8,10H2,1-4H3,(H,14,15). The van der Waals surface area contributed by atoms with Gasteiger partial charge in [-0.2, -0.15) is 0 Å². The van der Waals surface area contributed by atoms with Gasteiger partial charge in [0.15, 0.2) is 0 Å². The summed E-state index contributed by atoms with van der Waals surface area (Å²) in [5.74, 6) is 0.911. The quantitative estimate of drug-likeness (QED) is 0.787. The summed E-state index contributed by atoms with van der Waals surface area (Å²) in [5.41, 5.74) is 1.26. The minimum atomic E-state index is 0.306. The van der Waals surface area contributed by atoms with E-state index in [9.17, 15) is 0 Å². The van der Waals surface area contributed by atoms with Gasteiger partial charge in [-0.3, -0.25) is 4.90 Å². The van der Waals surface area contributed by atoms with Crippen molar-refractivity contribution in [3.63, 3.8) is 0 Å². The van der Waals surface area contributed by atoms with E-state index in [4.69, 9.17) is 4.74 Å². The maximum Gasteiger partial charge on any atom is 0.125 e. The first-order valence-electron chi connectivity index (χ1n) is 6.04. The van der Waals surface area contributed by atoms with Gasteiger partial charge in [-0.05, 0) is 38.6 Å². The fraction of sp³-hybridized carbons (Fsp3) is 0.615. The van der Waals surface area contributed by atoms with Gasteiger partial charge in [-0.15, -0.1) is 0 Å². The van der Waals surface area contributed by atoms with Gasteiger partial charge in [0.2, 0.25) is 0 Å². The Morgan fingerprint density at radius 3 is 2.88 bits per heavy atom. The van der Waals surface area contributed by atoms with Crippen molar-refractivity contribution in [1.82, 2.24) is 9.88 Å². The van der Waals surface area contributed by atoms with Crippen LogP contribution in [0.25, 0.3) is 0 Å². The molecule has 1 heterocycles. The van der Waals surface area contributed by atoms with Gasteiger partial charge in [-0.1, -0.05) is 0 Å². The van der Waals surface area contributed by atoms with E-state index in [1.54, 1.807) is 0 Å². The molecule has 0 saturated heterocycles. The van der Waals surface area contributed by atoms with E-state index < -0.39 is 0 Å². The van der Waals surface area contributed by atoms with Crippen molar-refractivity contribution >= 4 is 5.82 Å². The molecule has 0 saturated carbocycles. The molecule has 0 amide bonds. The Morgan fingerprint density at radius 1 is 1.47 bits per heavy atom. The monoisotopic (exact) mass is 237 g/mol. The van der Waals surface area contributed by atoms with Crippen LogP contribution in [0.15, 0.2) is 18.3 Å². The normalized spacial score (nSPS) is 11.2. The third-order valence-corrected chi connectivity index (χ3v) is 2.46. The Balaban J connectivity index is 2.36. The van der Waals surface area contributed by atoms with Crippen LogP contribution < -0.4 is 5.32 Å². The number of likely N-dealkylation sites (N-methyl/N-ethyl adjacent to an activating group) is 1. The molecular formula is C13H23N3O. The minimum Gasteiger partial charge on any atom is -0.377 e. The van der Waals surface area contributed by atoms with Crippen LogP contribution in [-0.2, 0) is 11.3 Å². The third kappa shape index (κ3) is 5.65. The summed E-state index contributed by atoms with van der Waals surface area (Å²) in [6.07, 6.45) is 2.14. The number of pyridine rings is 1. The smallest absolute Gasteiger partial charge is 0.125 e.